The van der Waals surface area contributed by atoms with Crippen LogP contribution >= 0.6 is 0 Å². The molecule has 2 atom stereocenters. The third-order valence-electron chi connectivity index (χ3n) is 4.22. The lowest BCUT2D eigenvalue weighted by molar-refractivity contribution is -0.136. The molecule has 1 amide bonds. The van der Waals surface area contributed by atoms with Gasteiger partial charge in [0.25, 0.3) is 5.91 Å². The third kappa shape index (κ3) is 4.23. The van der Waals surface area contributed by atoms with Gasteiger partial charge < -0.3 is 14.8 Å². The van der Waals surface area contributed by atoms with Crippen LogP contribution in [-0.2, 0) is 9.53 Å². The molecule has 4 heteroatoms. The van der Waals surface area contributed by atoms with E-state index < -0.39 is 5.60 Å². The van der Waals surface area contributed by atoms with Crippen molar-refractivity contribution in [3.05, 3.63) is 23.3 Å². The zero-order valence-electron chi connectivity index (χ0n) is 14.9. The van der Waals surface area contributed by atoms with Crippen LogP contribution in [0.4, 0.5) is 5.69 Å². The highest BCUT2D eigenvalue weighted by Gasteiger charge is 2.31. The Labute approximate surface area is 134 Å². The van der Waals surface area contributed by atoms with Crippen molar-refractivity contribution in [2.24, 2.45) is 0 Å². The Morgan fingerprint density at radius 3 is 2.23 bits per heavy atom. The monoisotopic (exact) mass is 307 g/mol. The van der Waals surface area contributed by atoms with E-state index in [1.165, 1.54) is 0 Å². The molecule has 0 saturated carbocycles. The molecule has 1 aromatic rings. The molecular weight excluding hydrogens is 278 g/mol. The minimum atomic E-state index is -0.812. The van der Waals surface area contributed by atoms with Crippen molar-refractivity contribution < 1.29 is 14.3 Å². The van der Waals surface area contributed by atoms with E-state index in [0.29, 0.717) is 6.42 Å². The summed E-state index contributed by atoms with van der Waals surface area (Å²) < 4.78 is 11.3. The van der Waals surface area contributed by atoms with Gasteiger partial charge in [-0.1, -0.05) is 13.8 Å². The van der Waals surface area contributed by atoms with Crippen LogP contribution in [0.5, 0.6) is 5.75 Å². The predicted octanol–water partition coefficient (Wildman–Crippen LogP) is 4.23. The number of amides is 1. The number of rotatable bonds is 7. The summed E-state index contributed by atoms with van der Waals surface area (Å²) in [5.74, 6) is 0.768. The third-order valence-corrected chi connectivity index (χ3v) is 4.22. The quantitative estimate of drug-likeness (QED) is 0.820. The Morgan fingerprint density at radius 1 is 1.27 bits per heavy atom. The Bertz CT molecular complexity index is 498. The van der Waals surface area contributed by atoms with Gasteiger partial charge in [0, 0.05) is 12.8 Å². The molecule has 1 aromatic carbocycles. The average Bonchev–Trinajstić information content (AvgIpc) is 2.49. The topological polar surface area (TPSA) is 47.6 Å². The standard InChI is InChI=1S/C18H29NO3/c1-8-14(5)22-16-12(3)10-15(11-13(16)4)19-17(20)18(6,9-2)21-7/h10-11,14H,8-9H2,1-7H3,(H,19,20)/t14-,18-/m0/s1. The summed E-state index contributed by atoms with van der Waals surface area (Å²) in [5.41, 5.74) is 2.00. The van der Waals surface area contributed by atoms with Gasteiger partial charge in [0.15, 0.2) is 0 Å². The number of nitrogens with one attached hydrogen (secondary N) is 1. The van der Waals surface area contributed by atoms with Crippen LogP contribution in [0.1, 0.15) is 51.7 Å². The summed E-state index contributed by atoms with van der Waals surface area (Å²) in [5, 5.41) is 2.94. The Hall–Kier alpha value is -1.55. The van der Waals surface area contributed by atoms with Gasteiger partial charge in [-0.15, -0.1) is 0 Å². The van der Waals surface area contributed by atoms with E-state index in [1.807, 2.05) is 32.9 Å². The van der Waals surface area contributed by atoms with Crippen molar-refractivity contribution in [3.8, 4) is 5.75 Å². The van der Waals surface area contributed by atoms with E-state index in [0.717, 1.165) is 29.0 Å². The maximum Gasteiger partial charge on any atom is 0.256 e. The molecule has 22 heavy (non-hydrogen) atoms. The number of carbonyl (C=O) groups is 1. The summed E-state index contributed by atoms with van der Waals surface area (Å²) in [7, 11) is 1.56. The lowest BCUT2D eigenvalue weighted by atomic mass is 10.0. The van der Waals surface area contributed by atoms with Crippen molar-refractivity contribution in [1.29, 1.82) is 0 Å². The van der Waals surface area contributed by atoms with E-state index in [1.54, 1.807) is 14.0 Å². The maximum absolute atomic E-state index is 12.4. The number of hydrogen-bond donors (Lipinski definition) is 1. The molecule has 0 heterocycles. The van der Waals surface area contributed by atoms with Crippen LogP contribution in [0, 0.1) is 13.8 Å². The molecule has 124 valence electrons. The molecule has 0 saturated heterocycles. The minimum absolute atomic E-state index is 0.133. The summed E-state index contributed by atoms with van der Waals surface area (Å²) in [6.07, 6.45) is 1.75. The summed E-state index contributed by atoms with van der Waals surface area (Å²) in [6, 6.07) is 3.88. The van der Waals surface area contributed by atoms with Gasteiger partial charge in [-0.3, -0.25) is 4.79 Å². The minimum Gasteiger partial charge on any atom is -0.490 e. The van der Waals surface area contributed by atoms with Crippen LogP contribution in [0.25, 0.3) is 0 Å². The van der Waals surface area contributed by atoms with Gasteiger partial charge >= 0.3 is 0 Å². The fraction of sp³-hybridized carbons (Fsp3) is 0.611. The number of benzene rings is 1. The van der Waals surface area contributed by atoms with Gasteiger partial charge in [-0.25, -0.2) is 0 Å². The number of anilines is 1. The number of carbonyl (C=O) groups excluding carboxylic acids is 1. The first-order chi connectivity index (χ1) is 10.3. The maximum atomic E-state index is 12.4. The molecule has 4 nitrogen and oxygen atoms in total. The molecule has 1 rings (SSSR count). The molecule has 0 spiro atoms. The predicted molar refractivity (Wildman–Crippen MR) is 90.6 cm³/mol. The van der Waals surface area contributed by atoms with Gasteiger partial charge in [-0.05, 0) is 63.8 Å². The van der Waals surface area contributed by atoms with E-state index in [-0.39, 0.29) is 12.0 Å². The molecule has 0 radical (unpaired) electrons. The molecule has 0 aliphatic carbocycles. The largest absolute Gasteiger partial charge is 0.490 e. The zero-order chi connectivity index (χ0) is 16.9. The van der Waals surface area contributed by atoms with Crippen LogP contribution in [-0.4, -0.2) is 24.7 Å². The summed E-state index contributed by atoms with van der Waals surface area (Å²) >= 11 is 0. The lowest BCUT2D eigenvalue weighted by Gasteiger charge is -2.25. The van der Waals surface area contributed by atoms with Gasteiger partial charge in [0.2, 0.25) is 0 Å². The highest BCUT2D eigenvalue weighted by molar-refractivity contribution is 5.97. The van der Waals surface area contributed by atoms with Crippen LogP contribution in [0.3, 0.4) is 0 Å². The molecule has 0 aliphatic heterocycles. The highest BCUT2D eigenvalue weighted by atomic mass is 16.5. The smallest absolute Gasteiger partial charge is 0.256 e. The number of aryl methyl sites for hydroxylation is 2. The molecular formula is C18H29NO3. The second-order valence-electron chi connectivity index (χ2n) is 6.02. The van der Waals surface area contributed by atoms with Crippen LogP contribution in [0.2, 0.25) is 0 Å². The fourth-order valence-corrected chi connectivity index (χ4v) is 2.15. The van der Waals surface area contributed by atoms with E-state index in [2.05, 4.69) is 19.2 Å². The first-order valence-electron chi connectivity index (χ1n) is 7.91. The van der Waals surface area contributed by atoms with E-state index in [9.17, 15) is 4.79 Å². The molecule has 0 unspecified atom stereocenters. The van der Waals surface area contributed by atoms with Crippen molar-refractivity contribution in [1.82, 2.24) is 0 Å². The Balaban J connectivity index is 2.98. The second-order valence-corrected chi connectivity index (χ2v) is 6.02. The molecule has 0 bridgehead atoms. The lowest BCUT2D eigenvalue weighted by Crippen LogP contribution is -2.41. The van der Waals surface area contributed by atoms with E-state index in [4.69, 9.17) is 9.47 Å². The van der Waals surface area contributed by atoms with Crippen molar-refractivity contribution >= 4 is 11.6 Å². The van der Waals surface area contributed by atoms with Crippen molar-refractivity contribution in [3.63, 3.8) is 0 Å². The van der Waals surface area contributed by atoms with Gasteiger partial charge in [-0.2, -0.15) is 0 Å². The zero-order valence-corrected chi connectivity index (χ0v) is 14.9. The van der Waals surface area contributed by atoms with Crippen molar-refractivity contribution in [2.45, 2.75) is 66.1 Å². The van der Waals surface area contributed by atoms with Gasteiger partial charge in [0.1, 0.15) is 11.4 Å². The Kier molecular flexibility index (Phi) is 6.42. The van der Waals surface area contributed by atoms with Crippen molar-refractivity contribution in [2.75, 3.05) is 12.4 Å². The first-order valence-corrected chi connectivity index (χ1v) is 7.91. The Morgan fingerprint density at radius 2 is 1.82 bits per heavy atom. The molecule has 0 aromatic heterocycles. The first kappa shape index (κ1) is 18.5. The molecule has 0 fully saturated rings. The highest BCUT2D eigenvalue weighted by Crippen LogP contribution is 2.29. The second kappa shape index (κ2) is 7.63. The summed E-state index contributed by atoms with van der Waals surface area (Å²) in [4.78, 5) is 12.4. The van der Waals surface area contributed by atoms with Crippen LogP contribution < -0.4 is 10.1 Å². The average molecular weight is 307 g/mol. The van der Waals surface area contributed by atoms with Crippen LogP contribution in [0.15, 0.2) is 12.1 Å². The normalized spacial score (nSPS) is 15.0. The molecule has 1 N–H and O–H groups in total. The number of hydrogen-bond acceptors (Lipinski definition) is 3. The fourth-order valence-electron chi connectivity index (χ4n) is 2.15. The SMILES string of the molecule is CC[C@H](C)Oc1c(C)cc(NC(=O)[C@](C)(CC)OC)cc1C. The summed E-state index contributed by atoms with van der Waals surface area (Å²) in [6.45, 7) is 11.9. The van der Waals surface area contributed by atoms with E-state index >= 15 is 0 Å². The van der Waals surface area contributed by atoms with Gasteiger partial charge in [0.05, 0.1) is 6.10 Å². The number of methoxy groups -OCH3 is 1. The number of ether oxygens (including phenoxy) is 2. The molecule has 0 aliphatic rings.